The van der Waals surface area contributed by atoms with E-state index in [-0.39, 0.29) is 5.91 Å². The SMILES string of the molecule is CCOc1cc(/C=N\NC(=O)c2ccc(Cl)cc2)cc(I)c1OC(=O)c1ccc(OC)cc1. The summed E-state index contributed by atoms with van der Waals surface area (Å²) < 4.78 is 17.0. The van der Waals surface area contributed by atoms with E-state index in [0.717, 1.165) is 0 Å². The lowest BCUT2D eigenvalue weighted by Gasteiger charge is -2.13. The number of hydrazone groups is 1. The number of nitrogens with zero attached hydrogens (tertiary/aromatic N) is 1. The van der Waals surface area contributed by atoms with Crippen molar-refractivity contribution < 1.29 is 23.8 Å². The van der Waals surface area contributed by atoms with Crippen LogP contribution in [0.2, 0.25) is 5.02 Å². The first-order valence-corrected chi connectivity index (χ1v) is 11.3. The highest BCUT2D eigenvalue weighted by molar-refractivity contribution is 14.1. The second kappa shape index (κ2) is 11.7. The highest BCUT2D eigenvalue weighted by Gasteiger charge is 2.17. The molecule has 3 aromatic carbocycles. The van der Waals surface area contributed by atoms with Gasteiger partial charge in [-0.15, -0.1) is 0 Å². The molecule has 0 saturated carbocycles. The summed E-state index contributed by atoms with van der Waals surface area (Å²) in [6.45, 7) is 2.20. The minimum absolute atomic E-state index is 0.306. The summed E-state index contributed by atoms with van der Waals surface area (Å²) in [6, 6.07) is 16.5. The topological polar surface area (TPSA) is 86.2 Å². The van der Waals surface area contributed by atoms with Crippen LogP contribution in [-0.2, 0) is 0 Å². The Balaban J connectivity index is 1.75. The van der Waals surface area contributed by atoms with Gasteiger partial charge < -0.3 is 14.2 Å². The molecule has 0 aromatic heterocycles. The van der Waals surface area contributed by atoms with E-state index in [0.29, 0.717) is 49.1 Å². The molecule has 3 rings (SSSR count). The first-order valence-electron chi connectivity index (χ1n) is 9.82. The Morgan fingerprint density at radius 2 is 1.73 bits per heavy atom. The molecule has 33 heavy (non-hydrogen) atoms. The van der Waals surface area contributed by atoms with E-state index >= 15 is 0 Å². The van der Waals surface area contributed by atoms with Crippen molar-refractivity contribution in [3.05, 3.63) is 85.9 Å². The van der Waals surface area contributed by atoms with E-state index < -0.39 is 5.97 Å². The van der Waals surface area contributed by atoms with Gasteiger partial charge in [-0.2, -0.15) is 5.10 Å². The molecule has 0 aliphatic carbocycles. The molecule has 0 saturated heterocycles. The Morgan fingerprint density at radius 1 is 1.06 bits per heavy atom. The van der Waals surface area contributed by atoms with Crippen LogP contribution >= 0.6 is 34.2 Å². The maximum atomic E-state index is 12.6. The zero-order valence-electron chi connectivity index (χ0n) is 17.8. The number of carbonyl (C=O) groups is 2. The normalized spacial score (nSPS) is 10.7. The molecule has 0 aliphatic rings. The van der Waals surface area contributed by atoms with Gasteiger partial charge in [-0.3, -0.25) is 4.79 Å². The van der Waals surface area contributed by atoms with Crippen molar-refractivity contribution in [2.24, 2.45) is 5.10 Å². The average molecular weight is 579 g/mol. The van der Waals surface area contributed by atoms with Crippen LogP contribution in [-0.4, -0.2) is 31.8 Å². The number of methoxy groups -OCH3 is 1. The Labute approximate surface area is 209 Å². The number of hydrogen-bond acceptors (Lipinski definition) is 6. The van der Waals surface area contributed by atoms with Crippen molar-refractivity contribution in [2.75, 3.05) is 13.7 Å². The molecule has 0 unspecified atom stereocenters. The van der Waals surface area contributed by atoms with E-state index in [1.54, 1.807) is 67.8 Å². The van der Waals surface area contributed by atoms with Crippen molar-refractivity contribution in [3.8, 4) is 17.2 Å². The predicted molar refractivity (Wildman–Crippen MR) is 135 cm³/mol. The Hall–Kier alpha value is -3.11. The van der Waals surface area contributed by atoms with Crippen molar-refractivity contribution in [3.63, 3.8) is 0 Å². The number of hydrogen-bond donors (Lipinski definition) is 1. The molecule has 1 N–H and O–H groups in total. The number of carbonyl (C=O) groups excluding carboxylic acids is 2. The van der Waals surface area contributed by atoms with Crippen LogP contribution in [0.15, 0.2) is 65.8 Å². The summed E-state index contributed by atoms with van der Waals surface area (Å²) in [5.41, 5.74) is 3.93. The summed E-state index contributed by atoms with van der Waals surface area (Å²) in [5, 5.41) is 4.54. The highest BCUT2D eigenvalue weighted by atomic mass is 127. The van der Waals surface area contributed by atoms with Crippen molar-refractivity contribution >= 4 is 52.3 Å². The number of amides is 1. The average Bonchev–Trinajstić information content (AvgIpc) is 2.81. The minimum atomic E-state index is -0.520. The molecule has 0 atom stereocenters. The quantitative estimate of drug-likeness (QED) is 0.128. The molecule has 0 radical (unpaired) electrons. The van der Waals surface area contributed by atoms with Crippen molar-refractivity contribution in [1.82, 2.24) is 5.43 Å². The third-order valence-electron chi connectivity index (χ3n) is 4.34. The van der Waals surface area contributed by atoms with Crippen LogP contribution in [0.3, 0.4) is 0 Å². The second-order valence-electron chi connectivity index (χ2n) is 6.59. The standard InChI is InChI=1S/C24H20ClIN2O5/c1-3-32-21-13-15(14-27-28-23(29)16-4-8-18(25)9-5-16)12-20(26)22(21)33-24(30)17-6-10-19(31-2)11-7-17/h4-14H,3H2,1-2H3,(H,28,29)/b27-14-. The maximum Gasteiger partial charge on any atom is 0.343 e. The summed E-state index contributed by atoms with van der Waals surface area (Å²) in [5.74, 6) is 0.446. The fourth-order valence-electron chi connectivity index (χ4n) is 2.73. The van der Waals surface area contributed by atoms with Gasteiger partial charge >= 0.3 is 5.97 Å². The van der Waals surface area contributed by atoms with Crippen LogP contribution in [0.25, 0.3) is 0 Å². The van der Waals surface area contributed by atoms with E-state index in [9.17, 15) is 9.59 Å². The number of halogens is 2. The molecule has 0 aliphatic heterocycles. The number of benzene rings is 3. The van der Waals surface area contributed by atoms with E-state index in [4.69, 9.17) is 25.8 Å². The first-order chi connectivity index (χ1) is 15.9. The lowest BCUT2D eigenvalue weighted by atomic mass is 10.2. The lowest BCUT2D eigenvalue weighted by molar-refractivity contribution is 0.0726. The maximum absolute atomic E-state index is 12.6. The van der Waals surface area contributed by atoms with Gasteiger partial charge in [0, 0.05) is 10.6 Å². The van der Waals surface area contributed by atoms with Gasteiger partial charge in [-0.25, -0.2) is 10.2 Å². The second-order valence-corrected chi connectivity index (χ2v) is 8.19. The monoisotopic (exact) mass is 578 g/mol. The molecule has 9 heteroatoms. The zero-order valence-corrected chi connectivity index (χ0v) is 20.7. The Morgan fingerprint density at radius 3 is 2.36 bits per heavy atom. The molecule has 0 heterocycles. The zero-order chi connectivity index (χ0) is 23.8. The first kappa shape index (κ1) is 24.5. The van der Waals surface area contributed by atoms with Gasteiger partial charge in [0.05, 0.1) is 29.1 Å². The Kier molecular flexibility index (Phi) is 8.67. The van der Waals surface area contributed by atoms with Gasteiger partial charge in [0.15, 0.2) is 11.5 Å². The van der Waals surface area contributed by atoms with E-state index in [1.807, 2.05) is 6.92 Å². The van der Waals surface area contributed by atoms with Gasteiger partial charge in [-0.05, 0) is 95.7 Å². The molecule has 3 aromatic rings. The highest BCUT2D eigenvalue weighted by Crippen LogP contribution is 2.34. The predicted octanol–water partition coefficient (Wildman–Crippen LogP) is 5.34. The van der Waals surface area contributed by atoms with Crippen LogP contribution in [0.5, 0.6) is 17.2 Å². The fourth-order valence-corrected chi connectivity index (χ4v) is 3.60. The number of rotatable bonds is 8. The van der Waals surface area contributed by atoms with Crippen molar-refractivity contribution in [2.45, 2.75) is 6.92 Å². The molecule has 0 spiro atoms. The van der Waals surface area contributed by atoms with Gasteiger partial charge in [0.25, 0.3) is 5.91 Å². The summed E-state index contributed by atoms with van der Waals surface area (Å²) in [7, 11) is 1.55. The molecular formula is C24H20ClIN2O5. The van der Waals surface area contributed by atoms with Gasteiger partial charge in [-0.1, -0.05) is 11.6 Å². The summed E-state index contributed by atoms with van der Waals surface area (Å²) in [6.07, 6.45) is 1.48. The van der Waals surface area contributed by atoms with E-state index in [1.165, 1.54) is 6.21 Å². The third-order valence-corrected chi connectivity index (χ3v) is 5.39. The fraction of sp³-hybridized carbons (Fsp3) is 0.125. The molecule has 170 valence electrons. The molecule has 0 fully saturated rings. The molecule has 1 amide bonds. The minimum Gasteiger partial charge on any atom is -0.497 e. The smallest absolute Gasteiger partial charge is 0.343 e. The summed E-state index contributed by atoms with van der Waals surface area (Å²) >= 11 is 7.89. The largest absolute Gasteiger partial charge is 0.497 e. The van der Waals surface area contributed by atoms with Crippen molar-refractivity contribution in [1.29, 1.82) is 0 Å². The number of ether oxygens (including phenoxy) is 3. The molecular weight excluding hydrogens is 559 g/mol. The van der Waals surface area contributed by atoms with E-state index in [2.05, 4.69) is 33.1 Å². The molecule has 0 bridgehead atoms. The van der Waals surface area contributed by atoms with Crippen LogP contribution in [0, 0.1) is 3.57 Å². The summed E-state index contributed by atoms with van der Waals surface area (Å²) in [4.78, 5) is 24.8. The number of esters is 1. The van der Waals surface area contributed by atoms with Gasteiger partial charge in [0.1, 0.15) is 5.75 Å². The van der Waals surface area contributed by atoms with Gasteiger partial charge in [0.2, 0.25) is 0 Å². The Bertz CT molecular complexity index is 1160. The third kappa shape index (κ3) is 6.69. The van der Waals surface area contributed by atoms with Crippen LogP contribution in [0.4, 0.5) is 0 Å². The number of nitrogens with one attached hydrogen (secondary N) is 1. The van der Waals surface area contributed by atoms with Crippen LogP contribution < -0.4 is 19.6 Å². The van der Waals surface area contributed by atoms with Crippen LogP contribution in [0.1, 0.15) is 33.2 Å². The lowest BCUT2D eigenvalue weighted by Crippen LogP contribution is -2.17. The molecule has 7 nitrogen and oxygen atoms in total.